The van der Waals surface area contributed by atoms with Crippen LogP contribution in [0.15, 0.2) is 47.4 Å². The molecule has 0 saturated carbocycles. The van der Waals surface area contributed by atoms with Gasteiger partial charge in [0, 0.05) is 16.7 Å². The zero-order chi connectivity index (χ0) is 13.8. The van der Waals surface area contributed by atoms with E-state index in [1.807, 2.05) is 24.3 Å². The second-order valence-electron chi connectivity index (χ2n) is 3.87. The molecule has 0 aliphatic carbocycles. The van der Waals surface area contributed by atoms with Crippen LogP contribution in [0.1, 0.15) is 5.56 Å². The Balaban J connectivity index is 2.14. The summed E-state index contributed by atoms with van der Waals surface area (Å²) in [6, 6.07) is 12.3. The van der Waals surface area contributed by atoms with Crippen LogP contribution in [0.25, 0.3) is 0 Å². The van der Waals surface area contributed by atoms with Gasteiger partial charge in [0.1, 0.15) is 5.69 Å². The highest BCUT2D eigenvalue weighted by Crippen LogP contribution is 2.31. The molecule has 19 heavy (non-hydrogen) atoms. The summed E-state index contributed by atoms with van der Waals surface area (Å²) in [5, 5.41) is 11.5. The molecule has 2 rings (SSSR count). The number of nitrogen functional groups attached to an aromatic ring is 1. The number of nitrogens with zero attached hydrogens (tertiary/aromatic N) is 1. The summed E-state index contributed by atoms with van der Waals surface area (Å²) in [6.45, 7) is 0. The molecule has 2 aromatic rings. The van der Waals surface area contributed by atoms with Gasteiger partial charge in [-0.3, -0.25) is 10.1 Å². The van der Waals surface area contributed by atoms with Crippen molar-refractivity contribution in [3.8, 4) is 0 Å². The van der Waals surface area contributed by atoms with Crippen LogP contribution in [-0.2, 0) is 5.75 Å². The fraction of sp³-hybridized carbons (Fsp3) is 0.0769. The molecule has 0 aromatic heterocycles. The molecule has 0 bridgehead atoms. The first-order valence-electron chi connectivity index (χ1n) is 5.48. The summed E-state index contributed by atoms with van der Waals surface area (Å²) in [6.07, 6.45) is 0. The largest absolute Gasteiger partial charge is 0.393 e. The molecule has 6 heteroatoms. The van der Waals surface area contributed by atoms with Crippen molar-refractivity contribution in [2.75, 3.05) is 5.73 Å². The lowest BCUT2D eigenvalue weighted by Gasteiger charge is -2.05. The SMILES string of the molecule is Nc1ccc(CSc2ccccc2Cl)cc1[N+](=O)[O-]. The summed E-state index contributed by atoms with van der Waals surface area (Å²) in [5.74, 6) is 0.602. The number of halogens is 1. The highest BCUT2D eigenvalue weighted by Gasteiger charge is 2.12. The van der Waals surface area contributed by atoms with Crippen molar-refractivity contribution in [2.45, 2.75) is 10.6 Å². The third-order valence-corrected chi connectivity index (χ3v) is 4.11. The lowest BCUT2D eigenvalue weighted by molar-refractivity contribution is -0.383. The molecule has 0 atom stereocenters. The van der Waals surface area contributed by atoms with Crippen LogP contribution in [0.2, 0.25) is 5.02 Å². The first kappa shape index (κ1) is 13.7. The topological polar surface area (TPSA) is 69.2 Å². The monoisotopic (exact) mass is 294 g/mol. The van der Waals surface area contributed by atoms with Gasteiger partial charge in [0.05, 0.1) is 9.95 Å². The van der Waals surface area contributed by atoms with E-state index in [4.69, 9.17) is 17.3 Å². The number of hydrogen-bond acceptors (Lipinski definition) is 4. The van der Waals surface area contributed by atoms with Gasteiger partial charge in [-0.1, -0.05) is 29.8 Å². The molecule has 0 amide bonds. The second-order valence-corrected chi connectivity index (χ2v) is 5.29. The number of anilines is 1. The minimum Gasteiger partial charge on any atom is -0.393 e. The fourth-order valence-corrected chi connectivity index (χ4v) is 2.74. The van der Waals surface area contributed by atoms with Crippen molar-refractivity contribution in [3.05, 3.63) is 63.2 Å². The van der Waals surface area contributed by atoms with Crippen molar-refractivity contribution in [1.82, 2.24) is 0 Å². The van der Waals surface area contributed by atoms with Gasteiger partial charge in [-0.2, -0.15) is 0 Å². The van der Waals surface area contributed by atoms with E-state index in [0.717, 1.165) is 10.5 Å². The molecule has 0 aliphatic heterocycles. The normalized spacial score (nSPS) is 10.4. The van der Waals surface area contributed by atoms with Gasteiger partial charge in [0.2, 0.25) is 0 Å². The van der Waals surface area contributed by atoms with Gasteiger partial charge in [-0.15, -0.1) is 11.8 Å². The molecule has 98 valence electrons. The van der Waals surface area contributed by atoms with Crippen LogP contribution in [-0.4, -0.2) is 4.92 Å². The Morgan fingerprint density at radius 2 is 2.00 bits per heavy atom. The average molecular weight is 295 g/mol. The van der Waals surface area contributed by atoms with Crippen molar-refractivity contribution in [2.24, 2.45) is 0 Å². The van der Waals surface area contributed by atoms with Crippen LogP contribution >= 0.6 is 23.4 Å². The molecule has 0 fully saturated rings. The number of nitro groups is 1. The predicted octanol–water partition coefficient (Wildman–Crippen LogP) is 4.12. The maximum absolute atomic E-state index is 10.8. The maximum atomic E-state index is 10.8. The molecular weight excluding hydrogens is 284 g/mol. The Morgan fingerprint density at radius 3 is 2.68 bits per heavy atom. The van der Waals surface area contributed by atoms with Gasteiger partial charge < -0.3 is 5.73 Å². The second kappa shape index (κ2) is 5.95. The van der Waals surface area contributed by atoms with Gasteiger partial charge in [0.25, 0.3) is 5.69 Å². The zero-order valence-electron chi connectivity index (χ0n) is 9.88. The Kier molecular flexibility index (Phi) is 4.29. The van der Waals surface area contributed by atoms with Crippen molar-refractivity contribution >= 4 is 34.7 Å². The molecule has 0 saturated heterocycles. The Hall–Kier alpha value is -1.72. The Bertz CT molecular complexity index is 619. The van der Waals surface area contributed by atoms with Crippen LogP contribution in [0.3, 0.4) is 0 Å². The van der Waals surface area contributed by atoms with Gasteiger partial charge >= 0.3 is 0 Å². The van der Waals surface area contributed by atoms with E-state index in [9.17, 15) is 10.1 Å². The first-order valence-corrected chi connectivity index (χ1v) is 6.84. The van der Waals surface area contributed by atoms with E-state index in [0.29, 0.717) is 10.8 Å². The molecule has 0 heterocycles. The van der Waals surface area contributed by atoms with Crippen LogP contribution < -0.4 is 5.73 Å². The van der Waals surface area contributed by atoms with Crippen LogP contribution in [0.4, 0.5) is 11.4 Å². The smallest absolute Gasteiger partial charge is 0.292 e. The standard InChI is InChI=1S/C13H11ClN2O2S/c14-10-3-1-2-4-13(10)19-8-9-5-6-11(15)12(7-9)16(17)18/h1-7H,8,15H2. The van der Waals surface area contributed by atoms with E-state index in [-0.39, 0.29) is 11.4 Å². The highest BCUT2D eigenvalue weighted by atomic mass is 35.5. The number of rotatable bonds is 4. The molecule has 2 N–H and O–H groups in total. The summed E-state index contributed by atoms with van der Waals surface area (Å²) in [5.41, 5.74) is 6.51. The molecule has 2 aromatic carbocycles. The first-order chi connectivity index (χ1) is 9.08. The van der Waals surface area contributed by atoms with E-state index in [1.54, 1.807) is 12.1 Å². The molecule has 4 nitrogen and oxygen atoms in total. The molecule has 0 aliphatic rings. The van der Waals surface area contributed by atoms with Crippen molar-refractivity contribution in [1.29, 1.82) is 0 Å². The Morgan fingerprint density at radius 1 is 1.26 bits per heavy atom. The maximum Gasteiger partial charge on any atom is 0.292 e. The molecular formula is C13H11ClN2O2S. The molecule has 0 radical (unpaired) electrons. The van der Waals surface area contributed by atoms with E-state index in [1.165, 1.54) is 17.8 Å². The summed E-state index contributed by atoms with van der Waals surface area (Å²) >= 11 is 7.58. The number of nitro benzene ring substituents is 1. The lowest BCUT2D eigenvalue weighted by Crippen LogP contribution is -1.96. The number of nitrogens with two attached hydrogens (primary N) is 1. The Labute approximate surface area is 119 Å². The van der Waals surface area contributed by atoms with E-state index < -0.39 is 4.92 Å². The lowest BCUT2D eigenvalue weighted by atomic mass is 10.2. The minimum absolute atomic E-state index is 0.0581. The minimum atomic E-state index is -0.473. The third-order valence-electron chi connectivity index (χ3n) is 2.52. The van der Waals surface area contributed by atoms with Gasteiger partial charge in [0.15, 0.2) is 0 Å². The van der Waals surface area contributed by atoms with E-state index >= 15 is 0 Å². The zero-order valence-corrected chi connectivity index (χ0v) is 11.4. The summed E-state index contributed by atoms with van der Waals surface area (Å²) in [4.78, 5) is 11.3. The highest BCUT2D eigenvalue weighted by molar-refractivity contribution is 7.98. The number of thioether (sulfide) groups is 1. The van der Waals surface area contributed by atoms with Crippen LogP contribution in [0, 0.1) is 10.1 Å². The quantitative estimate of drug-likeness (QED) is 0.398. The van der Waals surface area contributed by atoms with Crippen molar-refractivity contribution < 1.29 is 4.92 Å². The van der Waals surface area contributed by atoms with E-state index in [2.05, 4.69) is 0 Å². The summed E-state index contributed by atoms with van der Waals surface area (Å²) < 4.78 is 0. The van der Waals surface area contributed by atoms with Crippen molar-refractivity contribution in [3.63, 3.8) is 0 Å². The average Bonchev–Trinajstić information content (AvgIpc) is 2.39. The fourth-order valence-electron chi connectivity index (χ4n) is 1.56. The third kappa shape index (κ3) is 3.39. The summed E-state index contributed by atoms with van der Waals surface area (Å²) in [7, 11) is 0. The van der Waals surface area contributed by atoms with Gasteiger partial charge in [-0.05, 0) is 23.8 Å². The number of hydrogen-bond donors (Lipinski definition) is 1. The van der Waals surface area contributed by atoms with Crippen LogP contribution in [0.5, 0.6) is 0 Å². The van der Waals surface area contributed by atoms with Gasteiger partial charge in [-0.25, -0.2) is 0 Å². The molecule has 0 unspecified atom stereocenters. The number of benzene rings is 2. The molecule has 0 spiro atoms. The predicted molar refractivity (Wildman–Crippen MR) is 78.5 cm³/mol.